The largest absolute Gasteiger partial charge is 0.466 e. The summed E-state index contributed by atoms with van der Waals surface area (Å²) < 4.78 is 10.9. The first-order valence-corrected chi connectivity index (χ1v) is 7.55. The Hall–Kier alpha value is -2.08. The fourth-order valence-corrected chi connectivity index (χ4v) is 2.98. The number of ether oxygens (including phenoxy) is 1. The topological polar surface area (TPSA) is 80.2 Å². The van der Waals surface area contributed by atoms with Crippen molar-refractivity contribution in [2.24, 2.45) is 0 Å². The van der Waals surface area contributed by atoms with Gasteiger partial charge in [0.25, 0.3) is 5.91 Å². The maximum absolute atomic E-state index is 12.5. The van der Waals surface area contributed by atoms with Gasteiger partial charge in [-0.1, -0.05) is 0 Å². The number of carbonyl (C=O) groups is 1. The lowest BCUT2D eigenvalue weighted by molar-refractivity contribution is 0.0938. The molecule has 118 valence electrons. The van der Waals surface area contributed by atoms with E-state index in [4.69, 9.17) is 9.15 Å². The van der Waals surface area contributed by atoms with Crippen LogP contribution in [0.5, 0.6) is 0 Å². The summed E-state index contributed by atoms with van der Waals surface area (Å²) in [6.07, 6.45) is 2.50. The lowest BCUT2D eigenvalue weighted by Gasteiger charge is -2.14. The third kappa shape index (κ3) is 2.78. The number of nitrogens with zero attached hydrogens (tertiary/aromatic N) is 1. The summed E-state index contributed by atoms with van der Waals surface area (Å²) >= 11 is 0. The standard InChI is InChI=1S/C16H21N3O3/c1-9-6-13(11(3)22-9)10(2)18-16(20)14-7-17-19-15(14)12-4-5-21-8-12/h6-7,10,12H,4-5,8H2,1-3H3,(H,17,19)(H,18,20)/t10-,12-/m0/s1. The Morgan fingerprint density at radius 2 is 2.32 bits per heavy atom. The predicted molar refractivity (Wildman–Crippen MR) is 80.8 cm³/mol. The second-order valence-corrected chi connectivity index (χ2v) is 5.82. The zero-order valence-corrected chi connectivity index (χ0v) is 13.1. The Bertz CT molecular complexity index is 668. The van der Waals surface area contributed by atoms with Crippen LogP contribution in [0.1, 0.15) is 58.4 Å². The highest BCUT2D eigenvalue weighted by Gasteiger charge is 2.26. The second-order valence-electron chi connectivity index (χ2n) is 5.82. The van der Waals surface area contributed by atoms with E-state index in [-0.39, 0.29) is 17.9 Å². The van der Waals surface area contributed by atoms with E-state index in [1.165, 1.54) is 0 Å². The quantitative estimate of drug-likeness (QED) is 0.910. The lowest BCUT2D eigenvalue weighted by Crippen LogP contribution is -2.27. The molecule has 6 nitrogen and oxygen atoms in total. The number of rotatable bonds is 4. The Labute approximate surface area is 129 Å². The molecule has 0 unspecified atom stereocenters. The van der Waals surface area contributed by atoms with Gasteiger partial charge in [-0.2, -0.15) is 5.10 Å². The number of hydrogen-bond donors (Lipinski definition) is 2. The molecule has 1 fully saturated rings. The molecule has 0 bridgehead atoms. The Kier molecular flexibility index (Phi) is 4.02. The molecule has 1 amide bonds. The SMILES string of the molecule is Cc1cc([C@H](C)NC(=O)c2cn[nH]c2[C@H]2CCOC2)c(C)o1. The van der Waals surface area contributed by atoms with Crippen molar-refractivity contribution >= 4 is 5.91 Å². The third-order valence-electron chi connectivity index (χ3n) is 4.14. The highest BCUT2D eigenvalue weighted by molar-refractivity contribution is 5.95. The van der Waals surface area contributed by atoms with Gasteiger partial charge >= 0.3 is 0 Å². The molecule has 1 aliphatic heterocycles. The molecule has 22 heavy (non-hydrogen) atoms. The molecule has 6 heteroatoms. The number of nitrogens with one attached hydrogen (secondary N) is 2. The maximum Gasteiger partial charge on any atom is 0.255 e. The Balaban J connectivity index is 1.74. The normalized spacial score (nSPS) is 19.3. The fraction of sp³-hybridized carbons (Fsp3) is 0.500. The van der Waals surface area contributed by atoms with Crippen molar-refractivity contribution in [1.82, 2.24) is 15.5 Å². The lowest BCUT2D eigenvalue weighted by atomic mass is 10.0. The third-order valence-corrected chi connectivity index (χ3v) is 4.14. The first kappa shape index (κ1) is 14.8. The van der Waals surface area contributed by atoms with E-state index in [2.05, 4.69) is 15.5 Å². The molecule has 0 radical (unpaired) electrons. The molecule has 2 aromatic rings. The first-order valence-electron chi connectivity index (χ1n) is 7.55. The van der Waals surface area contributed by atoms with Crippen LogP contribution in [-0.2, 0) is 4.74 Å². The number of furan rings is 1. The summed E-state index contributed by atoms with van der Waals surface area (Å²) in [5.74, 6) is 1.78. The van der Waals surface area contributed by atoms with E-state index in [9.17, 15) is 4.79 Å². The van der Waals surface area contributed by atoms with Crippen LogP contribution in [0.2, 0.25) is 0 Å². The van der Waals surface area contributed by atoms with Crippen LogP contribution >= 0.6 is 0 Å². The van der Waals surface area contributed by atoms with Crippen molar-refractivity contribution in [2.45, 2.75) is 39.2 Å². The van der Waals surface area contributed by atoms with Crippen molar-refractivity contribution in [3.05, 3.63) is 40.6 Å². The molecular weight excluding hydrogens is 282 g/mol. The Morgan fingerprint density at radius 3 is 2.95 bits per heavy atom. The van der Waals surface area contributed by atoms with Gasteiger partial charge in [-0.15, -0.1) is 0 Å². The molecule has 0 aromatic carbocycles. The van der Waals surface area contributed by atoms with Crippen molar-refractivity contribution in [2.75, 3.05) is 13.2 Å². The number of aromatic nitrogens is 2. The van der Waals surface area contributed by atoms with Gasteiger partial charge in [0.2, 0.25) is 0 Å². The van der Waals surface area contributed by atoms with Crippen LogP contribution in [-0.4, -0.2) is 29.3 Å². The summed E-state index contributed by atoms with van der Waals surface area (Å²) in [7, 11) is 0. The molecule has 0 saturated carbocycles. The zero-order chi connectivity index (χ0) is 15.7. The molecule has 2 N–H and O–H groups in total. The van der Waals surface area contributed by atoms with E-state index in [0.29, 0.717) is 12.2 Å². The number of hydrogen-bond acceptors (Lipinski definition) is 4. The van der Waals surface area contributed by atoms with Gasteiger partial charge in [0.15, 0.2) is 0 Å². The number of carbonyl (C=O) groups excluding carboxylic acids is 1. The molecule has 1 aliphatic rings. The molecule has 3 heterocycles. The maximum atomic E-state index is 12.5. The minimum absolute atomic E-state index is 0.118. The van der Waals surface area contributed by atoms with Gasteiger partial charge < -0.3 is 14.5 Å². The van der Waals surface area contributed by atoms with E-state index in [1.54, 1.807) is 6.20 Å². The van der Waals surface area contributed by atoms with Gasteiger partial charge in [0, 0.05) is 18.1 Å². The average Bonchev–Trinajstić information content (AvgIpc) is 3.17. The number of aromatic amines is 1. The second kappa shape index (κ2) is 5.96. The summed E-state index contributed by atoms with van der Waals surface area (Å²) in [5, 5.41) is 9.99. The van der Waals surface area contributed by atoms with Gasteiger partial charge in [-0.3, -0.25) is 9.89 Å². The molecule has 3 rings (SSSR count). The number of H-pyrrole nitrogens is 1. The fourth-order valence-electron chi connectivity index (χ4n) is 2.98. The van der Waals surface area contributed by atoms with Crippen LogP contribution in [0.15, 0.2) is 16.7 Å². The van der Waals surface area contributed by atoms with Crippen LogP contribution in [0.25, 0.3) is 0 Å². The molecule has 1 saturated heterocycles. The highest BCUT2D eigenvalue weighted by atomic mass is 16.5. The van der Waals surface area contributed by atoms with Crippen molar-refractivity contribution < 1.29 is 13.9 Å². The minimum atomic E-state index is -0.124. The summed E-state index contributed by atoms with van der Waals surface area (Å²) in [4.78, 5) is 12.5. The summed E-state index contributed by atoms with van der Waals surface area (Å²) in [6, 6.07) is 1.84. The van der Waals surface area contributed by atoms with E-state index < -0.39 is 0 Å². The van der Waals surface area contributed by atoms with Crippen LogP contribution < -0.4 is 5.32 Å². The van der Waals surface area contributed by atoms with E-state index in [0.717, 1.165) is 35.8 Å². The monoisotopic (exact) mass is 303 g/mol. The average molecular weight is 303 g/mol. The Morgan fingerprint density at radius 1 is 1.50 bits per heavy atom. The van der Waals surface area contributed by atoms with Gasteiger partial charge in [-0.25, -0.2) is 0 Å². The highest BCUT2D eigenvalue weighted by Crippen LogP contribution is 2.27. The smallest absolute Gasteiger partial charge is 0.255 e. The van der Waals surface area contributed by atoms with Crippen LogP contribution in [0.3, 0.4) is 0 Å². The zero-order valence-electron chi connectivity index (χ0n) is 13.1. The summed E-state index contributed by atoms with van der Waals surface area (Å²) in [5.41, 5.74) is 2.46. The van der Waals surface area contributed by atoms with Gasteiger partial charge in [0.05, 0.1) is 30.1 Å². The van der Waals surface area contributed by atoms with Crippen molar-refractivity contribution in [1.29, 1.82) is 0 Å². The first-order chi connectivity index (χ1) is 10.6. The van der Waals surface area contributed by atoms with Crippen molar-refractivity contribution in [3.8, 4) is 0 Å². The molecular formula is C16H21N3O3. The van der Waals surface area contributed by atoms with Crippen molar-refractivity contribution in [3.63, 3.8) is 0 Å². The van der Waals surface area contributed by atoms with E-state index >= 15 is 0 Å². The molecule has 2 aromatic heterocycles. The van der Waals surface area contributed by atoms with Gasteiger partial charge in [0.1, 0.15) is 11.5 Å². The predicted octanol–water partition coefficient (Wildman–Crippen LogP) is 2.61. The van der Waals surface area contributed by atoms with E-state index in [1.807, 2.05) is 26.8 Å². The minimum Gasteiger partial charge on any atom is -0.466 e. The molecule has 2 atom stereocenters. The molecule has 0 spiro atoms. The summed E-state index contributed by atoms with van der Waals surface area (Å²) in [6.45, 7) is 7.13. The molecule has 0 aliphatic carbocycles. The number of aryl methyl sites for hydroxylation is 2. The van der Waals surface area contributed by atoms with Crippen LogP contribution in [0, 0.1) is 13.8 Å². The van der Waals surface area contributed by atoms with Crippen LogP contribution in [0.4, 0.5) is 0 Å². The number of amides is 1. The van der Waals surface area contributed by atoms with Gasteiger partial charge in [-0.05, 0) is 33.3 Å².